The third-order valence-corrected chi connectivity index (χ3v) is 7.87. The fraction of sp³-hybridized carbons (Fsp3) is 0.500. The van der Waals surface area contributed by atoms with Crippen LogP contribution in [0, 0.1) is 11.3 Å². The molecule has 1 N–H and O–H groups in total. The number of anilines is 2. The number of piperazine rings is 1. The minimum absolute atomic E-state index is 0.103. The van der Waals surface area contributed by atoms with Crippen LogP contribution in [0.3, 0.4) is 0 Å². The molecular formula is C28H34N8O. The second-order valence-corrected chi connectivity index (χ2v) is 10.4. The number of morpholine rings is 1. The Labute approximate surface area is 218 Å². The number of benzene rings is 1. The molecule has 2 aromatic heterocycles. The predicted molar refractivity (Wildman–Crippen MR) is 144 cm³/mol. The van der Waals surface area contributed by atoms with Gasteiger partial charge in [-0.05, 0) is 56.1 Å². The molecular weight excluding hydrogens is 464 g/mol. The average molecular weight is 499 g/mol. The highest BCUT2D eigenvalue weighted by atomic mass is 16.5. The Morgan fingerprint density at radius 3 is 2.65 bits per heavy atom. The lowest BCUT2D eigenvalue weighted by molar-refractivity contribution is -0.0327. The summed E-state index contributed by atoms with van der Waals surface area (Å²) in [5, 5.41) is 13.1. The van der Waals surface area contributed by atoms with Crippen molar-refractivity contribution in [1.29, 1.82) is 5.26 Å². The summed E-state index contributed by atoms with van der Waals surface area (Å²) in [6.45, 7) is 11.8. The number of nitrogens with zero attached hydrogens (tertiary/aromatic N) is 7. The van der Waals surface area contributed by atoms with Gasteiger partial charge in [0.2, 0.25) is 0 Å². The van der Waals surface area contributed by atoms with Gasteiger partial charge in [-0.2, -0.15) is 5.26 Å². The average Bonchev–Trinajstić information content (AvgIpc) is 2.92. The molecule has 0 radical (unpaired) electrons. The first-order chi connectivity index (χ1) is 18.1. The minimum atomic E-state index is 0.103. The van der Waals surface area contributed by atoms with Crippen LogP contribution in [0.4, 0.5) is 11.5 Å². The summed E-state index contributed by atoms with van der Waals surface area (Å²) in [5.41, 5.74) is 5.79. The molecule has 2 fully saturated rings. The Morgan fingerprint density at radius 2 is 1.84 bits per heavy atom. The van der Waals surface area contributed by atoms with E-state index < -0.39 is 0 Å². The van der Waals surface area contributed by atoms with Gasteiger partial charge in [0.15, 0.2) is 0 Å². The molecule has 3 aromatic rings. The molecule has 37 heavy (non-hydrogen) atoms. The number of fused-ring (bicyclic) bond motifs is 2. The zero-order valence-corrected chi connectivity index (χ0v) is 21.6. The van der Waals surface area contributed by atoms with E-state index in [4.69, 9.17) is 9.72 Å². The smallest absolute Gasteiger partial charge is 0.128 e. The summed E-state index contributed by atoms with van der Waals surface area (Å²) in [4.78, 5) is 21.1. The standard InChI is InChI=1S/C28H34N8O/c1-19-16-36(25-4-3-21(14-29)27-28(25)32-8-7-31-27)18-23(37-19)17-34-9-11-35(12-10-34)26-13-24-20(2)30-6-5-22(24)15-33-26/h3-4,7-8,13,15,19-20,23,30H,5-6,9-12,16-18H2,1-2H3/t19-,20+,23+/m1/s1. The van der Waals surface area contributed by atoms with Crippen molar-refractivity contribution in [3.05, 3.63) is 53.5 Å². The summed E-state index contributed by atoms with van der Waals surface area (Å²) >= 11 is 0. The van der Waals surface area contributed by atoms with Crippen LogP contribution in [-0.4, -0.2) is 84.4 Å². The second kappa shape index (κ2) is 10.2. The topological polar surface area (TPSA) is 93.4 Å². The quantitative estimate of drug-likeness (QED) is 0.582. The van der Waals surface area contributed by atoms with E-state index in [2.05, 4.69) is 62.2 Å². The molecule has 0 amide bonds. The lowest BCUT2D eigenvalue weighted by atomic mass is 9.97. The molecule has 1 aromatic carbocycles. The molecule has 9 nitrogen and oxygen atoms in total. The number of nitrogens with one attached hydrogen (secondary N) is 1. The highest BCUT2D eigenvalue weighted by Gasteiger charge is 2.30. The number of rotatable bonds is 4. The fourth-order valence-electron chi connectivity index (χ4n) is 5.98. The molecule has 3 atom stereocenters. The molecule has 0 unspecified atom stereocenters. The lowest BCUT2D eigenvalue weighted by Crippen LogP contribution is -2.54. The molecule has 2 saturated heterocycles. The normalized spacial score (nSPS) is 24.6. The Morgan fingerprint density at radius 1 is 1.03 bits per heavy atom. The van der Waals surface area contributed by atoms with Crippen LogP contribution in [0.15, 0.2) is 36.8 Å². The summed E-state index contributed by atoms with van der Waals surface area (Å²) in [5.74, 6) is 1.09. The summed E-state index contributed by atoms with van der Waals surface area (Å²) in [7, 11) is 0. The van der Waals surface area contributed by atoms with Crippen molar-refractivity contribution in [3.8, 4) is 6.07 Å². The van der Waals surface area contributed by atoms with Crippen molar-refractivity contribution in [1.82, 2.24) is 25.2 Å². The molecule has 0 aliphatic carbocycles. The minimum Gasteiger partial charge on any atom is -0.370 e. The van der Waals surface area contributed by atoms with E-state index in [9.17, 15) is 5.26 Å². The summed E-state index contributed by atoms with van der Waals surface area (Å²) in [6, 6.07) is 8.78. The number of hydrogen-bond acceptors (Lipinski definition) is 9. The Bertz CT molecular complexity index is 1320. The third kappa shape index (κ3) is 4.85. The fourth-order valence-corrected chi connectivity index (χ4v) is 5.98. The van der Waals surface area contributed by atoms with Crippen molar-refractivity contribution in [2.45, 2.75) is 38.5 Å². The second-order valence-electron chi connectivity index (χ2n) is 10.4. The predicted octanol–water partition coefficient (Wildman–Crippen LogP) is 2.52. The zero-order valence-electron chi connectivity index (χ0n) is 21.6. The van der Waals surface area contributed by atoms with Crippen molar-refractivity contribution in [2.75, 3.05) is 62.2 Å². The first kappa shape index (κ1) is 24.0. The third-order valence-electron chi connectivity index (χ3n) is 7.87. The van der Waals surface area contributed by atoms with E-state index in [1.165, 1.54) is 11.1 Å². The summed E-state index contributed by atoms with van der Waals surface area (Å²) in [6.07, 6.45) is 6.70. The van der Waals surface area contributed by atoms with Crippen molar-refractivity contribution in [2.24, 2.45) is 0 Å². The first-order valence-electron chi connectivity index (χ1n) is 13.3. The van der Waals surface area contributed by atoms with Gasteiger partial charge in [-0.15, -0.1) is 0 Å². The lowest BCUT2D eigenvalue weighted by Gasteiger charge is -2.42. The number of ether oxygens (including phenoxy) is 1. The molecule has 0 saturated carbocycles. The van der Waals surface area contributed by atoms with Crippen LogP contribution in [0.25, 0.3) is 11.0 Å². The van der Waals surface area contributed by atoms with Gasteiger partial charge >= 0.3 is 0 Å². The van der Waals surface area contributed by atoms with E-state index in [1.807, 2.05) is 12.1 Å². The van der Waals surface area contributed by atoms with E-state index in [0.717, 1.165) is 75.8 Å². The Hall–Kier alpha value is -3.32. The van der Waals surface area contributed by atoms with Gasteiger partial charge in [0.05, 0.1) is 23.5 Å². The number of pyridine rings is 1. The zero-order chi connectivity index (χ0) is 25.4. The monoisotopic (exact) mass is 498 g/mol. The van der Waals surface area contributed by atoms with E-state index in [1.54, 1.807) is 12.4 Å². The Balaban J connectivity index is 1.11. The van der Waals surface area contributed by atoms with Crippen LogP contribution < -0.4 is 15.1 Å². The molecule has 6 rings (SSSR count). The maximum Gasteiger partial charge on any atom is 0.128 e. The van der Waals surface area contributed by atoms with Gasteiger partial charge in [-0.1, -0.05) is 0 Å². The molecule has 3 aliphatic heterocycles. The molecule has 9 heteroatoms. The van der Waals surface area contributed by atoms with Crippen molar-refractivity contribution >= 4 is 22.5 Å². The molecule has 192 valence electrons. The first-order valence-corrected chi connectivity index (χ1v) is 13.3. The summed E-state index contributed by atoms with van der Waals surface area (Å²) < 4.78 is 6.38. The maximum atomic E-state index is 9.49. The van der Waals surface area contributed by atoms with E-state index in [0.29, 0.717) is 17.1 Å². The van der Waals surface area contributed by atoms with Crippen molar-refractivity contribution < 1.29 is 4.74 Å². The van der Waals surface area contributed by atoms with Gasteiger partial charge in [0.25, 0.3) is 0 Å². The molecule has 0 spiro atoms. The Kier molecular flexibility index (Phi) is 6.63. The van der Waals surface area contributed by atoms with Gasteiger partial charge in [-0.3, -0.25) is 14.9 Å². The van der Waals surface area contributed by atoms with Gasteiger partial charge < -0.3 is 19.9 Å². The van der Waals surface area contributed by atoms with Crippen LogP contribution in [0.1, 0.15) is 36.6 Å². The van der Waals surface area contributed by atoms with Gasteiger partial charge in [0, 0.05) is 70.4 Å². The van der Waals surface area contributed by atoms with Crippen LogP contribution >= 0.6 is 0 Å². The SMILES string of the molecule is C[C@@H]1CN(c2ccc(C#N)c3nccnc23)C[C@H](CN2CCN(c3cc4c(cn3)CCN[C@H]4C)CC2)O1. The van der Waals surface area contributed by atoms with E-state index >= 15 is 0 Å². The maximum absolute atomic E-state index is 9.49. The van der Waals surface area contributed by atoms with Crippen molar-refractivity contribution in [3.63, 3.8) is 0 Å². The largest absolute Gasteiger partial charge is 0.370 e. The number of aromatic nitrogens is 3. The number of nitriles is 1. The highest BCUT2D eigenvalue weighted by Crippen LogP contribution is 2.30. The molecule has 3 aliphatic rings. The van der Waals surface area contributed by atoms with Crippen LogP contribution in [0.2, 0.25) is 0 Å². The number of hydrogen-bond donors (Lipinski definition) is 1. The van der Waals surface area contributed by atoms with E-state index in [-0.39, 0.29) is 12.2 Å². The van der Waals surface area contributed by atoms with Crippen LogP contribution in [0.5, 0.6) is 0 Å². The molecule has 5 heterocycles. The van der Waals surface area contributed by atoms with Gasteiger partial charge in [-0.25, -0.2) is 4.98 Å². The highest BCUT2D eigenvalue weighted by molar-refractivity contribution is 5.92. The molecule has 0 bridgehead atoms. The van der Waals surface area contributed by atoms with Crippen LogP contribution in [-0.2, 0) is 11.2 Å². The van der Waals surface area contributed by atoms with Gasteiger partial charge in [0.1, 0.15) is 22.9 Å².